The van der Waals surface area contributed by atoms with Gasteiger partial charge in [-0.1, -0.05) is 24.3 Å². The van der Waals surface area contributed by atoms with E-state index < -0.39 is 11.9 Å². The summed E-state index contributed by atoms with van der Waals surface area (Å²) in [6.07, 6.45) is 3.65. The van der Waals surface area contributed by atoms with Gasteiger partial charge in [-0.3, -0.25) is 9.59 Å². The maximum Gasteiger partial charge on any atom is 0.238 e. The second-order valence-corrected chi connectivity index (χ2v) is 9.09. The maximum atomic E-state index is 14.9. The van der Waals surface area contributed by atoms with Crippen LogP contribution in [0.1, 0.15) is 30.4 Å². The number of likely N-dealkylation sites (N-methyl/N-ethyl adjacent to an activating group) is 1. The van der Waals surface area contributed by atoms with Gasteiger partial charge >= 0.3 is 0 Å². The Morgan fingerprint density at radius 1 is 1.28 bits per heavy atom. The number of anilines is 1. The summed E-state index contributed by atoms with van der Waals surface area (Å²) in [4.78, 5) is 26.1. The van der Waals surface area contributed by atoms with Crippen LogP contribution in [0.15, 0.2) is 36.4 Å². The highest BCUT2D eigenvalue weighted by Gasteiger charge is 2.43. The van der Waals surface area contributed by atoms with E-state index in [0.29, 0.717) is 29.5 Å². The fourth-order valence-corrected chi connectivity index (χ4v) is 5.27. The summed E-state index contributed by atoms with van der Waals surface area (Å²) in [6, 6.07) is 12.1. The Hall–Kier alpha value is -3.24. The first-order chi connectivity index (χ1) is 15.4. The number of halogens is 1. The van der Waals surface area contributed by atoms with Crippen LogP contribution in [0.4, 0.5) is 10.1 Å². The van der Waals surface area contributed by atoms with Crippen LogP contribution in [-0.4, -0.2) is 37.0 Å². The Bertz CT molecular complexity index is 1140. The van der Waals surface area contributed by atoms with Crippen molar-refractivity contribution in [1.29, 1.82) is 5.26 Å². The van der Waals surface area contributed by atoms with E-state index in [-0.39, 0.29) is 24.3 Å². The lowest BCUT2D eigenvalue weighted by Gasteiger charge is -2.23. The second kappa shape index (κ2) is 8.03. The predicted octanol–water partition coefficient (Wildman–Crippen LogP) is 2.70. The van der Waals surface area contributed by atoms with E-state index in [4.69, 9.17) is 0 Å². The number of amides is 2. The topological polar surface area (TPSA) is 85.2 Å². The molecule has 164 valence electrons. The number of benzene rings is 2. The molecule has 1 saturated heterocycles. The van der Waals surface area contributed by atoms with Crippen molar-refractivity contribution in [3.8, 4) is 17.2 Å². The van der Waals surface area contributed by atoms with E-state index in [1.165, 1.54) is 6.07 Å². The average Bonchev–Trinajstić information content (AvgIpc) is 3.50. The molecule has 32 heavy (non-hydrogen) atoms. The van der Waals surface area contributed by atoms with Gasteiger partial charge in [0.25, 0.3) is 0 Å². The van der Waals surface area contributed by atoms with Crippen LogP contribution in [-0.2, 0) is 22.4 Å². The van der Waals surface area contributed by atoms with Gasteiger partial charge in [0.15, 0.2) is 0 Å². The number of hydrogen-bond donors (Lipinski definition) is 2. The number of carbonyl (C=O) groups excluding carboxylic acids is 2. The van der Waals surface area contributed by atoms with Crippen molar-refractivity contribution < 1.29 is 14.0 Å². The van der Waals surface area contributed by atoms with Crippen molar-refractivity contribution >= 4 is 17.5 Å². The number of hydrogen-bond acceptors (Lipinski definition) is 4. The van der Waals surface area contributed by atoms with Crippen LogP contribution in [0.25, 0.3) is 11.1 Å². The third-order valence-electron chi connectivity index (χ3n) is 7.09. The molecule has 2 aromatic rings. The molecular formula is C25H25FN4O2. The molecule has 2 bridgehead atoms. The fourth-order valence-electron chi connectivity index (χ4n) is 5.27. The minimum atomic E-state index is -0.788. The van der Waals surface area contributed by atoms with Gasteiger partial charge in [-0.2, -0.15) is 5.26 Å². The normalized spacial score (nSPS) is 24.3. The summed E-state index contributed by atoms with van der Waals surface area (Å²) in [5.41, 5.74) is 3.72. The smallest absolute Gasteiger partial charge is 0.238 e. The van der Waals surface area contributed by atoms with Gasteiger partial charge in [-0.05, 0) is 59.6 Å². The van der Waals surface area contributed by atoms with Gasteiger partial charge in [0, 0.05) is 25.2 Å². The number of nitrogens with one attached hydrogen (secondary N) is 2. The Kier molecular flexibility index (Phi) is 5.18. The van der Waals surface area contributed by atoms with Crippen LogP contribution in [0.2, 0.25) is 0 Å². The Morgan fingerprint density at radius 2 is 2.06 bits per heavy atom. The molecule has 1 saturated carbocycles. The van der Waals surface area contributed by atoms with Crippen molar-refractivity contribution in [2.45, 2.75) is 50.2 Å². The van der Waals surface area contributed by atoms with Gasteiger partial charge in [0.2, 0.25) is 11.8 Å². The highest BCUT2D eigenvalue weighted by atomic mass is 19.1. The maximum absolute atomic E-state index is 14.9. The summed E-state index contributed by atoms with van der Waals surface area (Å²) in [5, 5.41) is 15.6. The Balaban J connectivity index is 1.29. The average molecular weight is 432 g/mol. The van der Waals surface area contributed by atoms with Gasteiger partial charge in [-0.15, -0.1) is 0 Å². The zero-order valence-corrected chi connectivity index (χ0v) is 17.9. The number of piperidine rings is 1. The summed E-state index contributed by atoms with van der Waals surface area (Å²) in [5.74, 6) is -0.210. The first-order valence-electron chi connectivity index (χ1n) is 11.1. The van der Waals surface area contributed by atoms with E-state index in [1.807, 2.05) is 24.3 Å². The lowest BCUT2D eigenvalue weighted by Crippen LogP contribution is -2.50. The van der Waals surface area contributed by atoms with E-state index in [2.05, 4.69) is 16.7 Å². The largest absolute Gasteiger partial charge is 0.339 e. The van der Waals surface area contributed by atoms with Gasteiger partial charge < -0.3 is 15.5 Å². The molecule has 2 fully saturated rings. The molecule has 2 N–H and O–H groups in total. The SMILES string of the molecule is CN1C(=O)Cc2ccc(-c3ccc(C[C@@H](C#N)NC(=O)[C@@H]4N[C@H]5CC[C@@H]4C5)c(F)c3)cc21. The number of carbonyl (C=O) groups is 2. The zero-order valence-electron chi connectivity index (χ0n) is 17.9. The molecule has 2 aliphatic heterocycles. The number of fused-ring (bicyclic) bond motifs is 3. The first kappa shape index (κ1) is 20.7. The zero-order chi connectivity index (χ0) is 22.4. The Labute approximate surface area is 186 Å². The lowest BCUT2D eigenvalue weighted by atomic mass is 9.97. The molecule has 0 spiro atoms. The minimum absolute atomic E-state index is 0.0453. The lowest BCUT2D eigenvalue weighted by molar-refractivity contribution is -0.124. The van der Waals surface area contributed by atoms with Gasteiger partial charge in [0.05, 0.1) is 18.5 Å². The van der Waals surface area contributed by atoms with Crippen molar-refractivity contribution in [3.63, 3.8) is 0 Å². The monoisotopic (exact) mass is 432 g/mol. The molecule has 4 atom stereocenters. The molecule has 6 nitrogen and oxygen atoms in total. The molecule has 2 heterocycles. The summed E-state index contributed by atoms with van der Waals surface area (Å²) in [7, 11) is 1.74. The molecule has 2 aromatic carbocycles. The predicted molar refractivity (Wildman–Crippen MR) is 118 cm³/mol. The summed E-state index contributed by atoms with van der Waals surface area (Å²) in [6.45, 7) is 0. The van der Waals surface area contributed by atoms with Gasteiger partial charge in [-0.25, -0.2) is 4.39 Å². The molecule has 3 aliphatic rings. The molecule has 0 aromatic heterocycles. The first-order valence-corrected chi connectivity index (χ1v) is 11.1. The third kappa shape index (κ3) is 3.65. The molecule has 5 rings (SSSR count). The molecule has 7 heteroatoms. The highest BCUT2D eigenvalue weighted by molar-refractivity contribution is 6.01. The van der Waals surface area contributed by atoms with Crippen LogP contribution in [0, 0.1) is 23.1 Å². The Morgan fingerprint density at radius 3 is 2.75 bits per heavy atom. The molecule has 0 unspecified atom stereocenters. The van der Waals surface area contributed by atoms with Crippen LogP contribution in [0.3, 0.4) is 0 Å². The molecule has 2 amide bonds. The van der Waals surface area contributed by atoms with Crippen LogP contribution < -0.4 is 15.5 Å². The molecular weight excluding hydrogens is 407 g/mol. The molecule has 0 radical (unpaired) electrons. The molecule has 1 aliphatic carbocycles. The standard InChI is InChI=1S/C25H25FN4O2/c1-30-22-11-15(3-5-17(22)12-23(30)31)14-2-4-16(21(26)10-14)8-20(13-27)29-25(32)24-18-6-7-19(9-18)28-24/h2-5,10-11,18-20,24,28H,6-9,12H2,1H3,(H,29,32)/t18-,19+,20+,24-/m1/s1. The van der Waals surface area contributed by atoms with Crippen LogP contribution >= 0.6 is 0 Å². The summed E-state index contributed by atoms with van der Waals surface area (Å²) < 4.78 is 14.9. The van der Waals surface area contributed by atoms with Crippen molar-refractivity contribution in [1.82, 2.24) is 10.6 Å². The van der Waals surface area contributed by atoms with Crippen molar-refractivity contribution in [2.24, 2.45) is 5.92 Å². The van der Waals surface area contributed by atoms with E-state index >= 15 is 0 Å². The second-order valence-electron chi connectivity index (χ2n) is 9.09. The quantitative estimate of drug-likeness (QED) is 0.761. The van der Waals surface area contributed by atoms with E-state index in [9.17, 15) is 19.2 Å². The highest BCUT2D eigenvalue weighted by Crippen LogP contribution is 2.35. The van der Waals surface area contributed by atoms with E-state index in [0.717, 1.165) is 36.1 Å². The summed E-state index contributed by atoms with van der Waals surface area (Å²) >= 11 is 0. The van der Waals surface area contributed by atoms with Crippen LogP contribution in [0.5, 0.6) is 0 Å². The van der Waals surface area contributed by atoms with Crippen molar-refractivity contribution in [2.75, 3.05) is 11.9 Å². The van der Waals surface area contributed by atoms with E-state index in [1.54, 1.807) is 18.0 Å². The number of rotatable bonds is 5. The fraction of sp³-hybridized carbons (Fsp3) is 0.400. The number of nitriles is 1. The van der Waals surface area contributed by atoms with Crippen molar-refractivity contribution in [3.05, 3.63) is 53.3 Å². The third-order valence-corrected chi connectivity index (χ3v) is 7.09. The number of nitrogens with zero attached hydrogens (tertiary/aromatic N) is 2. The van der Waals surface area contributed by atoms with Gasteiger partial charge in [0.1, 0.15) is 11.9 Å². The minimum Gasteiger partial charge on any atom is -0.339 e.